The zero-order valence-electron chi connectivity index (χ0n) is 12.8. The first-order chi connectivity index (χ1) is 11.0. The lowest BCUT2D eigenvalue weighted by molar-refractivity contribution is 0.120. The smallest absolute Gasteiger partial charge is 0.489 e. The van der Waals surface area contributed by atoms with Gasteiger partial charge in [0, 0.05) is 17.4 Å². The number of benzene rings is 2. The maximum Gasteiger partial charge on any atom is 0.513 e. The van der Waals surface area contributed by atoms with Crippen molar-refractivity contribution in [3.05, 3.63) is 58.9 Å². The average Bonchev–Trinajstić information content (AvgIpc) is 2.56. The molecular weight excluding hydrogens is 319 g/mol. The predicted octanol–water partition coefficient (Wildman–Crippen LogP) is 4.29. The zero-order valence-corrected chi connectivity index (χ0v) is 13.7. The summed E-state index contributed by atoms with van der Waals surface area (Å²) < 4.78 is 28.8. The maximum absolute atomic E-state index is 13.6. The Morgan fingerprint density at radius 2 is 2.04 bits per heavy atom. The van der Waals surface area contributed by atoms with Crippen LogP contribution in [0, 0.1) is 12.7 Å². The fourth-order valence-electron chi connectivity index (χ4n) is 1.97. The molecule has 0 aromatic heterocycles. The largest absolute Gasteiger partial charge is 0.513 e. The Morgan fingerprint density at radius 3 is 2.70 bits per heavy atom. The van der Waals surface area contributed by atoms with Crippen molar-refractivity contribution in [2.75, 3.05) is 7.11 Å². The lowest BCUT2D eigenvalue weighted by atomic mass is 10.1. The monoisotopic (exact) mass is 336 g/mol. The van der Waals surface area contributed by atoms with E-state index in [9.17, 15) is 9.18 Å². The molecule has 2 aromatic carbocycles. The van der Waals surface area contributed by atoms with Crippen LogP contribution in [0.15, 0.2) is 36.4 Å². The van der Waals surface area contributed by atoms with E-state index >= 15 is 0 Å². The highest BCUT2D eigenvalue weighted by Crippen LogP contribution is 2.26. The number of carbonyl (C=O) groups is 1. The Labute approximate surface area is 139 Å². The molecule has 0 aliphatic rings. The molecule has 0 N–H and O–H groups in total. The number of carbonyl (C=O) groups excluding carboxylic acids is 1. The van der Waals surface area contributed by atoms with Crippen LogP contribution < -0.4 is 9.47 Å². The van der Waals surface area contributed by atoms with Crippen LogP contribution in [-0.2, 0) is 17.1 Å². The molecule has 4 nitrogen and oxygen atoms in total. The molecule has 0 bridgehead atoms. The fraction of sp³-hybridized carbons (Fsp3) is 0.235. The minimum absolute atomic E-state index is 0.117. The number of hydrogen-bond acceptors (Lipinski definition) is 5. The SMILES string of the molecule is COC(=O)Oc1cccc(CS)c1COc1ccc(C)c(F)c1. The molecule has 2 rings (SSSR count). The number of methoxy groups -OCH3 is 1. The molecule has 0 fully saturated rings. The summed E-state index contributed by atoms with van der Waals surface area (Å²) in [4.78, 5) is 11.3. The highest BCUT2D eigenvalue weighted by Gasteiger charge is 2.14. The van der Waals surface area contributed by atoms with Crippen molar-refractivity contribution in [3.8, 4) is 11.5 Å². The summed E-state index contributed by atoms with van der Waals surface area (Å²) >= 11 is 4.26. The van der Waals surface area contributed by atoms with E-state index in [2.05, 4.69) is 17.4 Å². The van der Waals surface area contributed by atoms with Gasteiger partial charge in [-0.05, 0) is 30.2 Å². The minimum Gasteiger partial charge on any atom is -0.489 e. The second-order valence-electron chi connectivity index (χ2n) is 4.81. The van der Waals surface area contributed by atoms with Crippen LogP contribution in [0.25, 0.3) is 0 Å². The molecule has 2 aromatic rings. The molecule has 122 valence electrons. The first kappa shape index (κ1) is 17.1. The third-order valence-corrected chi connectivity index (χ3v) is 3.63. The van der Waals surface area contributed by atoms with Gasteiger partial charge in [0.05, 0.1) is 7.11 Å². The highest BCUT2D eigenvalue weighted by atomic mass is 32.1. The Hall–Kier alpha value is -2.21. The van der Waals surface area contributed by atoms with Crippen LogP contribution in [0.2, 0.25) is 0 Å². The van der Waals surface area contributed by atoms with E-state index in [-0.39, 0.29) is 12.4 Å². The van der Waals surface area contributed by atoms with Gasteiger partial charge in [-0.2, -0.15) is 12.6 Å². The highest BCUT2D eigenvalue weighted by molar-refractivity contribution is 7.79. The summed E-state index contributed by atoms with van der Waals surface area (Å²) in [5.41, 5.74) is 2.05. The molecule has 0 saturated heterocycles. The fourth-order valence-corrected chi connectivity index (χ4v) is 2.27. The van der Waals surface area contributed by atoms with Crippen LogP contribution in [0.1, 0.15) is 16.7 Å². The van der Waals surface area contributed by atoms with Crippen LogP contribution >= 0.6 is 12.6 Å². The quantitative estimate of drug-likeness (QED) is 0.503. The van der Waals surface area contributed by atoms with E-state index < -0.39 is 6.16 Å². The average molecular weight is 336 g/mol. The van der Waals surface area contributed by atoms with Gasteiger partial charge >= 0.3 is 6.16 Å². The Kier molecular flexibility index (Phi) is 5.87. The van der Waals surface area contributed by atoms with Crippen molar-refractivity contribution in [1.82, 2.24) is 0 Å². The van der Waals surface area contributed by atoms with E-state index in [1.54, 1.807) is 31.2 Å². The third kappa shape index (κ3) is 4.39. The van der Waals surface area contributed by atoms with Crippen LogP contribution in [0.4, 0.5) is 9.18 Å². The maximum atomic E-state index is 13.6. The minimum atomic E-state index is -0.816. The summed E-state index contributed by atoms with van der Waals surface area (Å²) in [5, 5.41) is 0. The standard InChI is InChI=1S/C17H17FO4S/c1-11-6-7-13(8-15(11)18)21-9-14-12(10-23)4-3-5-16(14)22-17(19)20-2/h3-8,23H,9-10H2,1-2H3. The van der Waals surface area contributed by atoms with E-state index in [0.717, 1.165) is 5.56 Å². The molecule has 0 aliphatic carbocycles. The number of hydrogen-bond donors (Lipinski definition) is 1. The van der Waals surface area contributed by atoms with Crippen molar-refractivity contribution in [2.45, 2.75) is 19.3 Å². The summed E-state index contributed by atoms with van der Waals surface area (Å²) in [5.74, 6) is 0.831. The molecule has 0 atom stereocenters. The molecule has 6 heteroatoms. The van der Waals surface area contributed by atoms with Crippen molar-refractivity contribution >= 4 is 18.8 Å². The van der Waals surface area contributed by atoms with Gasteiger partial charge in [-0.1, -0.05) is 18.2 Å². The third-order valence-electron chi connectivity index (χ3n) is 3.29. The van der Waals surface area contributed by atoms with Gasteiger partial charge in [0.1, 0.15) is 23.9 Å². The van der Waals surface area contributed by atoms with E-state index in [1.807, 2.05) is 6.07 Å². The lowest BCUT2D eigenvalue weighted by Crippen LogP contribution is -2.11. The Morgan fingerprint density at radius 1 is 1.26 bits per heavy atom. The van der Waals surface area contributed by atoms with Gasteiger partial charge in [-0.25, -0.2) is 9.18 Å². The molecule has 0 spiro atoms. The van der Waals surface area contributed by atoms with E-state index in [0.29, 0.717) is 28.4 Å². The normalized spacial score (nSPS) is 10.3. The van der Waals surface area contributed by atoms with Gasteiger partial charge in [0.25, 0.3) is 0 Å². The number of rotatable bonds is 5. The molecule has 0 saturated carbocycles. The first-order valence-electron chi connectivity index (χ1n) is 6.91. The van der Waals surface area contributed by atoms with E-state index in [4.69, 9.17) is 9.47 Å². The van der Waals surface area contributed by atoms with Crippen molar-refractivity contribution in [1.29, 1.82) is 0 Å². The predicted molar refractivity (Wildman–Crippen MR) is 87.6 cm³/mol. The summed E-state index contributed by atoms with van der Waals surface area (Å²) in [6.45, 7) is 1.79. The van der Waals surface area contributed by atoms with Crippen molar-refractivity contribution < 1.29 is 23.4 Å². The second kappa shape index (κ2) is 7.87. The Bertz CT molecular complexity index is 703. The molecule has 0 amide bonds. The second-order valence-corrected chi connectivity index (χ2v) is 5.12. The van der Waals surface area contributed by atoms with Gasteiger partial charge in [0.2, 0.25) is 0 Å². The Balaban J connectivity index is 2.22. The lowest BCUT2D eigenvalue weighted by Gasteiger charge is -2.14. The van der Waals surface area contributed by atoms with Gasteiger partial charge in [0.15, 0.2) is 0 Å². The van der Waals surface area contributed by atoms with Gasteiger partial charge in [-0.15, -0.1) is 0 Å². The van der Waals surface area contributed by atoms with E-state index in [1.165, 1.54) is 13.2 Å². The van der Waals surface area contributed by atoms with Crippen molar-refractivity contribution in [3.63, 3.8) is 0 Å². The summed E-state index contributed by atoms with van der Waals surface area (Å²) in [7, 11) is 1.23. The van der Waals surface area contributed by atoms with Crippen LogP contribution in [0.3, 0.4) is 0 Å². The van der Waals surface area contributed by atoms with Gasteiger partial charge in [-0.3, -0.25) is 0 Å². The number of thiol groups is 1. The van der Waals surface area contributed by atoms with Crippen LogP contribution in [0.5, 0.6) is 11.5 Å². The topological polar surface area (TPSA) is 44.8 Å². The summed E-state index contributed by atoms with van der Waals surface area (Å²) in [6.07, 6.45) is -0.816. The first-order valence-corrected chi connectivity index (χ1v) is 7.54. The zero-order chi connectivity index (χ0) is 16.8. The molecule has 23 heavy (non-hydrogen) atoms. The molecule has 0 radical (unpaired) electrons. The number of aryl methyl sites for hydroxylation is 1. The van der Waals surface area contributed by atoms with Crippen LogP contribution in [-0.4, -0.2) is 13.3 Å². The number of ether oxygens (including phenoxy) is 3. The summed E-state index contributed by atoms with van der Waals surface area (Å²) in [6, 6.07) is 9.88. The van der Waals surface area contributed by atoms with Crippen molar-refractivity contribution in [2.24, 2.45) is 0 Å². The molecular formula is C17H17FO4S. The molecule has 0 heterocycles. The molecule has 0 unspecified atom stereocenters. The molecule has 0 aliphatic heterocycles. The van der Waals surface area contributed by atoms with Gasteiger partial charge < -0.3 is 14.2 Å². The number of halogens is 1.